The first kappa shape index (κ1) is 27.7. The average molecular weight is 506 g/mol. The van der Waals surface area contributed by atoms with E-state index in [9.17, 15) is 24.9 Å². The predicted molar refractivity (Wildman–Crippen MR) is 143 cm³/mol. The Morgan fingerprint density at radius 1 is 0.973 bits per heavy atom. The number of nitrogens with one attached hydrogen (secondary N) is 3. The van der Waals surface area contributed by atoms with Crippen molar-refractivity contribution in [3.63, 3.8) is 0 Å². The minimum Gasteiger partial charge on any atom is -0.507 e. The minimum atomic E-state index is -0.813. The number of benzene rings is 3. The van der Waals surface area contributed by atoms with Crippen LogP contribution in [0.4, 0.5) is 5.69 Å². The van der Waals surface area contributed by atoms with Gasteiger partial charge in [0.25, 0.3) is 0 Å². The zero-order chi connectivity index (χ0) is 26.9. The van der Waals surface area contributed by atoms with Gasteiger partial charge in [0.2, 0.25) is 12.3 Å². The Kier molecular flexibility index (Phi) is 9.65. The van der Waals surface area contributed by atoms with Crippen LogP contribution in [0.2, 0.25) is 0 Å². The fourth-order valence-corrected chi connectivity index (χ4v) is 4.26. The summed E-state index contributed by atoms with van der Waals surface area (Å²) < 4.78 is 0. The van der Waals surface area contributed by atoms with Crippen LogP contribution in [0.5, 0.6) is 11.5 Å². The van der Waals surface area contributed by atoms with Gasteiger partial charge in [-0.3, -0.25) is 9.59 Å². The van der Waals surface area contributed by atoms with Crippen molar-refractivity contribution in [3.05, 3.63) is 88.0 Å². The molecule has 0 aliphatic heterocycles. The highest BCUT2D eigenvalue weighted by Crippen LogP contribution is 2.26. The number of aliphatic hydroxyl groups is 1. The van der Waals surface area contributed by atoms with Crippen molar-refractivity contribution >= 4 is 18.0 Å². The molecule has 0 radical (unpaired) electrons. The van der Waals surface area contributed by atoms with E-state index in [-0.39, 0.29) is 35.6 Å². The van der Waals surface area contributed by atoms with Gasteiger partial charge in [0.05, 0.1) is 18.2 Å². The third kappa shape index (κ3) is 8.06. The number of carbonyl (C=O) groups excluding carboxylic acids is 2. The van der Waals surface area contributed by atoms with E-state index in [0.29, 0.717) is 31.5 Å². The fourth-order valence-electron chi connectivity index (χ4n) is 4.26. The third-order valence-corrected chi connectivity index (χ3v) is 6.22. The molecule has 2 atom stereocenters. The van der Waals surface area contributed by atoms with E-state index in [1.165, 1.54) is 6.07 Å². The number of hydrogen-bond acceptors (Lipinski definition) is 6. The molecule has 6 N–H and O–H groups in total. The van der Waals surface area contributed by atoms with E-state index >= 15 is 0 Å². The molecule has 8 heteroatoms. The van der Waals surface area contributed by atoms with Crippen LogP contribution < -0.4 is 16.0 Å². The Morgan fingerprint density at radius 3 is 2.38 bits per heavy atom. The Balaban J connectivity index is 1.49. The average Bonchev–Trinajstić information content (AvgIpc) is 2.86. The van der Waals surface area contributed by atoms with Gasteiger partial charge in [-0.2, -0.15) is 0 Å². The fraction of sp³-hybridized carbons (Fsp3) is 0.310. The maximum Gasteiger partial charge on any atom is 0.224 e. The number of aromatic hydroxyl groups is 2. The lowest BCUT2D eigenvalue weighted by atomic mass is 10.0. The van der Waals surface area contributed by atoms with Gasteiger partial charge in [0.1, 0.15) is 11.5 Å². The molecular formula is C29H35N3O5. The second kappa shape index (κ2) is 12.9. The number of carbonyl (C=O) groups is 2. The molecule has 0 saturated carbocycles. The van der Waals surface area contributed by atoms with Crippen molar-refractivity contribution in [2.45, 2.75) is 52.3 Å². The molecule has 37 heavy (non-hydrogen) atoms. The molecular weight excluding hydrogens is 470 g/mol. The zero-order valence-electron chi connectivity index (χ0n) is 21.4. The summed E-state index contributed by atoms with van der Waals surface area (Å²) in [5.74, 6) is 0.141. The molecule has 0 bridgehead atoms. The van der Waals surface area contributed by atoms with Gasteiger partial charge in [0, 0.05) is 19.1 Å². The predicted octanol–water partition coefficient (Wildman–Crippen LogP) is 3.40. The standard InChI is InChI=1S/C29H35N3O5/c1-18-9-23(10-19(2)29(18)37)15-31-28(36)13-22-6-4-5-21(12-22)11-20(3)30-16-27(35)24-7-8-26(34)25(14-24)32-17-33/h4-10,12,14,17,20,27,30,34-35,37H,11,13,15-16H2,1-3H3,(H,31,36)(H,32,33)/t20-,27+/m1/s1. The smallest absolute Gasteiger partial charge is 0.224 e. The molecule has 0 aliphatic rings. The molecule has 2 amide bonds. The minimum absolute atomic E-state index is 0.0596. The molecule has 0 fully saturated rings. The topological polar surface area (TPSA) is 131 Å². The Labute approximate surface area is 217 Å². The molecule has 0 saturated heterocycles. The molecule has 196 valence electrons. The van der Waals surface area contributed by atoms with Gasteiger partial charge in [0.15, 0.2) is 0 Å². The molecule has 0 aliphatic carbocycles. The number of hydrogen-bond donors (Lipinski definition) is 6. The number of phenols is 2. The van der Waals surface area contributed by atoms with Crippen molar-refractivity contribution in [3.8, 4) is 11.5 Å². The highest BCUT2D eigenvalue weighted by molar-refractivity contribution is 5.78. The quantitative estimate of drug-likeness (QED) is 0.165. The Morgan fingerprint density at radius 2 is 1.68 bits per heavy atom. The number of anilines is 1. The molecule has 8 nitrogen and oxygen atoms in total. The first-order chi connectivity index (χ1) is 17.7. The zero-order valence-corrected chi connectivity index (χ0v) is 21.4. The van der Waals surface area contributed by atoms with Crippen molar-refractivity contribution in [2.75, 3.05) is 11.9 Å². The van der Waals surface area contributed by atoms with Crippen molar-refractivity contribution in [1.29, 1.82) is 0 Å². The maximum atomic E-state index is 12.5. The number of rotatable bonds is 12. The number of aryl methyl sites for hydroxylation is 2. The summed E-state index contributed by atoms with van der Waals surface area (Å²) in [6.45, 7) is 6.39. The Bertz CT molecular complexity index is 1220. The molecule has 0 unspecified atom stereocenters. The van der Waals surface area contributed by atoms with E-state index < -0.39 is 6.10 Å². The van der Waals surface area contributed by atoms with Crippen LogP contribution in [-0.2, 0) is 29.0 Å². The van der Waals surface area contributed by atoms with E-state index in [1.807, 2.05) is 57.2 Å². The highest BCUT2D eigenvalue weighted by atomic mass is 16.3. The number of aliphatic hydroxyl groups excluding tert-OH is 1. The summed E-state index contributed by atoms with van der Waals surface area (Å²) in [6, 6.07) is 16.3. The normalized spacial score (nSPS) is 12.5. The molecule has 3 rings (SSSR count). The van der Waals surface area contributed by atoms with Gasteiger partial charge in [-0.15, -0.1) is 0 Å². The lowest BCUT2D eigenvalue weighted by molar-refractivity contribution is -0.120. The van der Waals surface area contributed by atoms with Gasteiger partial charge in [-0.1, -0.05) is 42.5 Å². The summed E-state index contributed by atoms with van der Waals surface area (Å²) in [7, 11) is 0. The largest absolute Gasteiger partial charge is 0.507 e. The van der Waals surface area contributed by atoms with Crippen molar-refractivity contribution in [1.82, 2.24) is 10.6 Å². The van der Waals surface area contributed by atoms with E-state index in [4.69, 9.17) is 0 Å². The van der Waals surface area contributed by atoms with E-state index in [0.717, 1.165) is 27.8 Å². The van der Waals surface area contributed by atoms with E-state index in [2.05, 4.69) is 16.0 Å². The second-order valence-corrected chi connectivity index (χ2v) is 9.42. The molecule has 0 aromatic heterocycles. The Hall–Kier alpha value is -3.88. The monoisotopic (exact) mass is 505 g/mol. The summed E-state index contributed by atoms with van der Waals surface area (Å²) in [5.41, 5.74) is 5.33. The van der Waals surface area contributed by atoms with Gasteiger partial charge < -0.3 is 31.3 Å². The second-order valence-electron chi connectivity index (χ2n) is 9.42. The first-order valence-electron chi connectivity index (χ1n) is 12.2. The number of phenolic OH excluding ortho intramolecular Hbond substituents is 2. The number of amides is 2. The highest BCUT2D eigenvalue weighted by Gasteiger charge is 2.13. The molecule has 0 heterocycles. The van der Waals surface area contributed by atoms with Gasteiger partial charge in [-0.25, -0.2) is 0 Å². The van der Waals surface area contributed by atoms with Crippen LogP contribution >= 0.6 is 0 Å². The van der Waals surface area contributed by atoms with E-state index in [1.54, 1.807) is 12.1 Å². The van der Waals surface area contributed by atoms with Crippen LogP contribution in [0.25, 0.3) is 0 Å². The summed E-state index contributed by atoms with van der Waals surface area (Å²) in [4.78, 5) is 23.2. The van der Waals surface area contributed by atoms with Crippen LogP contribution in [0, 0.1) is 13.8 Å². The molecule has 3 aromatic carbocycles. The summed E-state index contributed by atoms with van der Waals surface area (Å²) >= 11 is 0. The van der Waals surface area contributed by atoms with Crippen LogP contribution in [0.1, 0.15) is 46.4 Å². The third-order valence-electron chi connectivity index (χ3n) is 6.22. The first-order valence-corrected chi connectivity index (χ1v) is 12.2. The van der Waals surface area contributed by atoms with Gasteiger partial charge in [-0.05, 0) is 72.7 Å². The van der Waals surface area contributed by atoms with Crippen molar-refractivity contribution in [2.24, 2.45) is 0 Å². The SMILES string of the molecule is Cc1cc(CNC(=O)Cc2cccc(C[C@@H](C)NC[C@H](O)c3ccc(O)c(NC=O)c3)c2)cc(C)c1O. The molecule has 3 aromatic rings. The lowest BCUT2D eigenvalue weighted by Crippen LogP contribution is -2.32. The van der Waals surface area contributed by atoms with Crippen LogP contribution in [-0.4, -0.2) is 40.2 Å². The lowest BCUT2D eigenvalue weighted by Gasteiger charge is -2.18. The van der Waals surface area contributed by atoms with Crippen LogP contribution in [0.3, 0.4) is 0 Å². The van der Waals surface area contributed by atoms with Crippen LogP contribution in [0.15, 0.2) is 54.6 Å². The van der Waals surface area contributed by atoms with Crippen molar-refractivity contribution < 1.29 is 24.9 Å². The molecule has 0 spiro atoms. The maximum absolute atomic E-state index is 12.5. The summed E-state index contributed by atoms with van der Waals surface area (Å²) in [5, 5.41) is 38.9. The summed E-state index contributed by atoms with van der Waals surface area (Å²) in [6.07, 6.45) is 0.636. The van der Waals surface area contributed by atoms with Gasteiger partial charge >= 0.3 is 0 Å².